The Bertz CT molecular complexity index is 512. The molecule has 8 heteroatoms. The molecule has 0 saturated heterocycles. The first-order chi connectivity index (χ1) is 16.8. The normalized spacial score (nSPS) is 12.9. The summed E-state index contributed by atoms with van der Waals surface area (Å²) in [5.41, 5.74) is 0. The van der Waals surface area contributed by atoms with Gasteiger partial charge in [-0.05, 0) is 26.2 Å². The van der Waals surface area contributed by atoms with E-state index in [9.17, 15) is 9.13 Å². The number of hydrogen-bond acceptors (Lipinski definition) is 6. The van der Waals surface area contributed by atoms with E-state index >= 15 is 0 Å². The van der Waals surface area contributed by atoms with Crippen molar-refractivity contribution in [1.82, 2.24) is 0 Å². The van der Waals surface area contributed by atoms with Crippen LogP contribution in [-0.4, -0.2) is 39.8 Å². The highest BCUT2D eigenvalue weighted by Gasteiger charge is 2.25. The average molecular weight is 543 g/mol. The second-order valence-corrected chi connectivity index (χ2v) is 14.0. The van der Waals surface area contributed by atoms with Crippen molar-refractivity contribution in [3.63, 3.8) is 0 Å². The molecule has 0 bridgehead atoms. The molecule has 1 atom stereocenters. The standard InChI is InChI=1S/C17H37O3P.C10H23O3P/c1-4-5-6-7-8-9-10-11-12-13-14-15-16-17-21(18,19-2)20-3;1-5-8-10(4)9-14(11,12-6-2)13-7-3/h4-17H2,1-3H3;10H,5-9H2,1-4H3. The molecule has 0 N–H and O–H groups in total. The Morgan fingerprint density at radius 3 is 1.31 bits per heavy atom. The first-order valence-electron chi connectivity index (χ1n) is 14.3. The van der Waals surface area contributed by atoms with Gasteiger partial charge in [-0.2, -0.15) is 0 Å². The molecule has 1 unspecified atom stereocenters. The highest BCUT2D eigenvalue weighted by Crippen LogP contribution is 2.50. The zero-order valence-electron chi connectivity index (χ0n) is 24.4. The maximum Gasteiger partial charge on any atom is 0.330 e. The Balaban J connectivity index is 0. The van der Waals surface area contributed by atoms with Gasteiger partial charge < -0.3 is 18.1 Å². The highest BCUT2D eigenvalue weighted by molar-refractivity contribution is 7.54. The Kier molecular flexibility index (Phi) is 27.7. The minimum absolute atomic E-state index is 0.406. The lowest BCUT2D eigenvalue weighted by molar-refractivity contribution is 0.216. The summed E-state index contributed by atoms with van der Waals surface area (Å²) >= 11 is 0. The predicted molar refractivity (Wildman–Crippen MR) is 152 cm³/mol. The fourth-order valence-corrected chi connectivity index (χ4v) is 7.23. The first kappa shape index (κ1) is 37.5. The van der Waals surface area contributed by atoms with E-state index in [4.69, 9.17) is 18.1 Å². The molecular formula is C27H60O6P2. The zero-order valence-corrected chi connectivity index (χ0v) is 26.1. The molecule has 214 valence electrons. The molecule has 0 fully saturated rings. The van der Waals surface area contributed by atoms with Gasteiger partial charge in [0.15, 0.2) is 0 Å². The van der Waals surface area contributed by atoms with Crippen molar-refractivity contribution in [1.29, 1.82) is 0 Å². The molecule has 0 heterocycles. The van der Waals surface area contributed by atoms with E-state index in [1.807, 2.05) is 13.8 Å². The van der Waals surface area contributed by atoms with Crippen LogP contribution in [0.25, 0.3) is 0 Å². The van der Waals surface area contributed by atoms with E-state index in [-0.39, 0.29) is 0 Å². The molecule has 0 rings (SSSR count). The van der Waals surface area contributed by atoms with Gasteiger partial charge in [0.05, 0.1) is 25.5 Å². The van der Waals surface area contributed by atoms with Crippen molar-refractivity contribution in [3.8, 4) is 0 Å². The van der Waals surface area contributed by atoms with Gasteiger partial charge in [0.2, 0.25) is 0 Å². The molecule has 0 aliphatic heterocycles. The number of rotatable bonds is 24. The van der Waals surface area contributed by atoms with E-state index in [0.29, 0.717) is 31.5 Å². The van der Waals surface area contributed by atoms with Gasteiger partial charge in [0, 0.05) is 14.2 Å². The third kappa shape index (κ3) is 24.4. The summed E-state index contributed by atoms with van der Waals surface area (Å²) in [6, 6.07) is 0. The highest BCUT2D eigenvalue weighted by atomic mass is 31.2. The third-order valence-electron chi connectivity index (χ3n) is 6.06. The van der Waals surface area contributed by atoms with Gasteiger partial charge in [-0.1, -0.05) is 111 Å². The number of unbranched alkanes of at least 4 members (excludes halogenated alkanes) is 12. The van der Waals surface area contributed by atoms with Crippen molar-refractivity contribution in [3.05, 3.63) is 0 Å². The Morgan fingerprint density at radius 1 is 0.571 bits per heavy atom. The van der Waals surface area contributed by atoms with Crippen LogP contribution in [-0.2, 0) is 27.2 Å². The summed E-state index contributed by atoms with van der Waals surface area (Å²) in [6.07, 6.45) is 20.4. The van der Waals surface area contributed by atoms with Gasteiger partial charge in [0.1, 0.15) is 0 Å². The second kappa shape index (κ2) is 25.9. The molecule has 35 heavy (non-hydrogen) atoms. The van der Waals surface area contributed by atoms with E-state index in [2.05, 4.69) is 20.8 Å². The Morgan fingerprint density at radius 2 is 0.971 bits per heavy atom. The van der Waals surface area contributed by atoms with Gasteiger partial charge in [0.25, 0.3) is 0 Å². The van der Waals surface area contributed by atoms with Crippen molar-refractivity contribution in [2.24, 2.45) is 5.92 Å². The lowest BCUT2D eigenvalue weighted by atomic mass is 10.1. The molecule has 0 aromatic carbocycles. The lowest BCUT2D eigenvalue weighted by Crippen LogP contribution is -2.07. The van der Waals surface area contributed by atoms with Gasteiger partial charge >= 0.3 is 15.2 Å². The Hall–Kier alpha value is 0.300. The van der Waals surface area contributed by atoms with Crippen LogP contribution in [0.2, 0.25) is 0 Å². The largest absolute Gasteiger partial charge is 0.330 e. The molecule has 0 aromatic heterocycles. The maximum atomic E-state index is 12.1. The van der Waals surface area contributed by atoms with E-state index in [0.717, 1.165) is 25.7 Å². The predicted octanol–water partition coefficient (Wildman–Crippen LogP) is 10.3. The zero-order chi connectivity index (χ0) is 26.8. The van der Waals surface area contributed by atoms with E-state index in [1.165, 1.54) is 84.8 Å². The fraction of sp³-hybridized carbons (Fsp3) is 1.00. The smallest absolute Gasteiger partial charge is 0.312 e. The van der Waals surface area contributed by atoms with Crippen LogP contribution in [0.15, 0.2) is 0 Å². The van der Waals surface area contributed by atoms with Crippen molar-refractivity contribution < 1.29 is 27.2 Å². The quantitative estimate of drug-likeness (QED) is 0.0892. The topological polar surface area (TPSA) is 71.1 Å². The summed E-state index contributed by atoms with van der Waals surface area (Å²) in [4.78, 5) is 0. The molecule has 0 radical (unpaired) electrons. The second-order valence-electron chi connectivity index (χ2n) is 9.47. The first-order valence-corrected chi connectivity index (χ1v) is 17.8. The SMILES string of the molecule is CCCC(C)CP(=O)(OCC)OCC.CCCCCCCCCCCCCCCP(=O)(OC)OC. The third-order valence-corrected chi connectivity index (χ3v) is 10.4. The summed E-state index contributed by atoms with van der Waals surface area (Å²) < 4.78 is 44.2. The van der Waals surface area contributed by atoms with Crippen LogP contribution in [0.3, 0.4) is 0 Å². The molecule has 0 amide bonds. The maximum absolute atomic E-state index is 12.1. The van der Waals surface area contributed by atoms with Gasteiger partial charge in [-0.25, -0.2) is 0 Å². The lowest BCUT2D eigenvalue weighted by Gasteiger charge is -2.20. The molecule has 0 aliphatic carbocycles. The summed E-state index contributed by atoms with van der Waals surface area (Å²) in [5, 5.41) is 0. The molecule has 0 saturated carbocycles. The van der Waals surface area contributed by atoms with Crippen molar-refractivity contribution >= 4 is 15.2 Å². The average Bonchev–Trinajstić information content (AvgIpc) is 2.82. The molecule has 6 nitrogen and oxygen atoms in total. The van der Waals surface area contributed by atoms with Gasteiger partial charge in [-0.3, -0.25) is 9.13 Å². The van der Waals surface area contributed by atoms with Crippen LogP contribution in [0.5, 0.6) is 0 Å². The van der Waals surface area contributed by atoms with E-state index < -0.39 is 15.2 Å². The van der Waals surface area contributed by atoms with Crippen LogP contribution in [0.4, 0.5) is 0 Å². The Labute approximate surface area is 219 Å². The molecule has 0 aliphatic rings. The monoisotopic (exact) mass is 542 g/mol. The fourth-order valence-electron chi connectivity index (χ4n) is 4.08. The summed E-state index contributed by atoms with van der Waals surface area (Å²) in [7, 11) is -2.64. The van der Waals surface area contributed by atoms with Crippen LogP contribution < -0.4 is 0 Å². The minimum atomic E-state index is -2.81. The number of hydrogen-bond donors (Lipinski definition) is 0. The van der Waals surface area contributed by atoms with Crippen LogP contribution >= 0.6 is 15.2 Å². The van der Waals surface area contributed by atoms with Gasteiger partial charge in [-0.15, -0.1) is 0 Å². The summed E-state index contributed by atoms with van der Waals surface area (Å²) in [6.45, 7) is 11.1. The van der Waals surface area contributed by atoms with Crippen molar-refractivity contribution in [2.75, 3.05) is 39.8 Å². The molecular weight excluding hydrogens is 482 g/mol. The molecule has 0 aromatic rings. The summed E-state index contributed by atoms with van der Waals surface area (Å²) in [5.74, 6) is 0.406. The molecule has 0 spiro atoms. The van der Waals surface area contributed by atoms with Crippen LogP contribution in [0, 0.1) is 5.92 Å². The van der Waals surface area contributed by atoms with Crippen molar-refractivity contribution in [2.45, 2.75) is 131 Å². The minimum Gasteiger partial charge on any atom is -0.312 e. The van der Waals surface area contributed by atoms with Crippen LogP contribution in [0.1, 0.15) is 131 Å². The van der Waals surface area contributed by atoms with E-state index in [1.54, 1.807) is 0 Å².